The number of nitrogens with one attached hydrogen (secondary N) is 1. The first-order valence-corrected chi connectivity index (χ1v) is 8.90. The third-order valence-corrected chi connectivity index (χ3v) is 7.43. The Kier molecular flexibility index (Phi) is 4.09. The molecule has 1 nitrogen and oxygen atoms in total. The molecule has 1 heterocycles. The number of hydrogen-bond acceptors (Lipinski definition) is 1. The molecule has 1 unspecified atom stereocenters. The monoisotopic (exact) mass is 296 g/mol. The average molecular weight is 297 g/mol. The second kappa shape index (κ2) is 5.37. The van der Waals surface area contributed by atoms with Gasteiger partial charge in [-0.2, -0.15) is 0 Å². The first kappa shape index (κ1) is 12.2. The highest BCUT2D eigenvalue weighted by Gasteiger charge is 2.25. The van der Waals surface area contributed by atoms with E-state index in [9.17, 15) is 0 Å². The minimum absolute atomic E-state index is 0.156. The third kappa shape index (κ3) is 2.51. The van der Waals surface area contributed by atoms with Crippen LogP contribution in [0.5, 0.6) is 0 Å². The van der Waals surface area contributed by atoms with E-state index in [2.05, 4.69) is 53.3 Å². The molecule has 1 aliphatic rings. The lowest BCUT2D eigenvalue weighted by Crippen LogP contribution is -2.30. The van der Waals surface area contributed by atoms with Gasteiger partial charge in [0.05, 0.1) is 8.80 Å². The van der Waals surface area contributed by atoms with Crippen LogP contribution in [0.2, 0.25) is 17.6 Å². The lowest BCUT2D eigenvalue weighted by Gasteiger charge is -2.30. The Morgan fingerprint density at radius 2 is 2.12 bits per heavy atom. The minimum Gasteiger partial charge on any atom is -0.385 e. The maximum absolute atomic E-state index is 3.59. The maximum Gasteiger partial charge on any atom is 0.0530 e. The van der Waals surface area contributed by atoms with E-state index in [4.69, 9.17) is 0 Å². The van der Waals surface area contributed by atoms with Gasteiger partial charge in [-0.15, -0.1) is 0 Å². The van der Waals surface area contributed by atoms with Crippen molar-refractivity contribution in [3.63, 3.8) is 0 Å². The molecular weight excluding hydrogens is 278 g/mol. The summed E-state index contributed by atoms with van der Waals surface area (Å²) in [5.74, 6) is 0. The molecule has 1 aromatic carbocycles. The van der Waals surface area contributed by atoms with Crippen molar-refractivity contribution >= 4 is 30.4 Å². The predicted octanol–water partition coefficient (Wildman–Crippen LogP) is 4.32. The number of anilines is 1. The molecule has 3 heteroatoms. The molecule has 16 heavy (non-hydrogen) atoms. The largest absolute Gasteiger partial charge is 0.385 e. The molecule has 1 N–H and O–H groups in total. The topological polar surface area (TPSA) is 12.0 Å². The summed E-state index contributed by atoms with van der Waals surface area (Å²) in [6, 6.07) is 9.39. The SMILES string of the molecule is CC[Si](CC)C1CNc2ccc(Br)cc2C1. The van der Waals surface area contributed by atoms with Crippen LogP contribution in [0.1, 0.15) is 19.4 Å². The van der Waals surface area contributed by atoms with Crippen LogP contribution in [0.4, 0.5) is 5.69 Å². The van der Waals surface area contributed by atoms with Crippen molar-refractivity contribution < 1.29 is 0 Å². The third-order valence-electron chi connectivity index (χ3n) is 3.56. The van der Waals surface area contributed by atoms with Crippen LogP contribution in [0.15, 0.2) is 22.7 Å². The molecule has 0 saturated heterocycles. The van der Waals surface area contributed by atoms with E-state index in [-0.39, 0.29) is 8.80 Å². The Morgan fingerprint density at radius 1 is 1.38 bits per heavy atom. The smallest absolute Gasteiger partial charge is 0.0530 e. The molecule has 0 aliphatic carbocycles. The van der Waals surface area contributed by atoms with Gasteiger partial charge in [0, 0.05) is 16.7 Å². The van der Waals surface area contributed by atoms with Crippen LogP contribution in [0.25, 0.3) is 0 Å². The number of benzene rings is 1. The van der Waals surface area contributed by atoms with Crippen LogP contribution >= 0.6 is 15.9 Å². The van der Waals surface area contributed by atoms with E-state index < -0.39 is 0 Å². The second-order valence-electron chi connectivity index (χ2n) is 4.45. The normalized spacial score (nSPS) is 19.4. The highest BCUT2D eigenvalue weighted by Crippen LogP contribution is 2.33. The summed E-state index contributed by atoms with van der Waals surface area (Å²) in [6.45, 7) is 5.90. The summed E-state index contributed by atoms with van der Waals surface area (Å²) in [4.78, 5) is 0. The fourth-order valence-electron chi connectivity index (χ4n) is 2.59. The summed E-state index contributed by atoms with van der Waals surface area (Å²) in [5, 5.41) is 3.59. The van der Waals surface area contributed by atoms with Crippen LogP contribution in [-0.4, -0.2) is 15.3 Å². The molecule has 0 fully saturated rings. The van der Waals surface area contributed by atoms with Gasteiger partial charge in [0.1, 0.15) is 0 Å². The summed E-state index contributed by atoms with van der Waals surface area (Å²) >= 11 is 3.56. The van der Waals surface area contributed by atoms with Crippen molar-refractivity contribution in [2.24, 2.45) is 0 Å². The van der Waals surface area contributed by atoms with Gasteiger partial charge in [-0.3, -0.25) is 0 Å². The highest BCUT2D eigenvalue weighted by atomic mass is 79.9. The van der Waals surface area contributed by atoms with Crippen LogP contribution in [0.3, 0.4) is 0 Å². The van der Waals surface area contributed by atoms with Gasteiger partial charge < -0.3 is 5.32 Å². The van der Waals surface area contributed by atoms with Gasteiger partial charge >= 0.3 is 0 Å². The fraction of sp³-hybridized carbons (Fsp3) is 0.538. The molecule has 87 valence electrons. The summed E-state index contributed by atoms with van der Waals surface area (Å²) in [5.41, 5.74) is 3.74. The Morgan fingerprint density at radius 3 is 2.81 bits per heavy atom. The van der Waals surface area contributed by atoms with Gasteiger partial charge in [-0.1, -0.05) is 41.9 Å². The van der Waals surface area contributed by atoms with Gasteiger partial charge in [0.2, 0.25) is 0 Å². The van der Waals surface area contributed by atoms with Crippen molar-refractivity contribution in [3.05, 3.63) is 28.2 Å². The number of fused-ring (bicyclic) bond motifs is 1. The van der Waals surface area contributed by atoms with E-state index in [1.807, 2.05) is 0 Å². The van der Waals surface area contributed by atoms with E-state index in [1.165, 1.54) is 40.8 Å². The van der Waals surface area contributed by atoms with Crippen molar-refractivity contribution in [3.8, 4) is 0 Å². The quantitative estimate of drug-likeness (QED) is 0.819. The molecule has 1 aliphatic heterocycles. The fourth-order valence-corrected chi connectivity index (χ4v) is 5.55. The Balaban J connectivity index is 2.16. The first-order valence-electron chi connectivity index (χ1n) is 6.11. The summed E-state index contributed by atoms with van der Waals surface area (Å²) < 4.78 is 1.20. The molecule has 1 radical (unpaired) electrons. The molecule has 1 aromatic rings. The average Bonchev–Trinajstić information content (AvgIpc) is 2.30. The van der Waals surface area contributed by atoms with Gasteiger partial charge in [-0.05, 0) is 35.7 Å². The lowest BCUT2D eigenvalue weighted by molar-refractivity contribution is 0.795. The Labute approximate surface area is 108 Å². The van der Waals surface area contributed by atoms with Gasteiger partial charge in [-0.25, -0.2) is 0 Å². The molecule has 0 saturated carbocycles. The molecule has 0 bridgehead atoms. The van der Waals surface area contributed by atoms with Gasteiger partial charge in [0.25, 0.3) is 0 Å². The number of hydrogen-bond donors (Lipinski definition) is 1. The van der Waals surface area contributed by atoms with Crippen LogP contribution < -0.4 is 5.32 Å². The number of rotatable bonds is 3. The maximum atomic E-state index is 3.59. The Bertz CT molecular complexity index is 363. The van der Waals surface area contributed by atoms with Crippen LogP contribution in [-0.2, 0) is 6.42 Å². The van der Waals surface area contributed by atoms with Gasteiger partial charge in [0.15, 0.2) is 0 Å². The molecule has 0 aromatic heterocycles. The predicted molar refractivity (Wildman–Crippen MR) is 76.8 cm³/mol. The summed E-state index contributed by atoms with van der Waals surface area (Å²) in [7, 11) is -0.156. The zero-order valence-electron chi connectivity index (χ0n) is 10.0. The molecule has 0 spiro atoms. The van der Waals surface area contributed by atoms with E-state index in [0.717, 1.165) is 5.54 Å². The highest BCUT2D eigenvalue weighted by molar-refractivity contribution is 9.10. The van der Waals surface area contributed by atoms with Crippen molar-refractivity contribution in [2.75, 3.05) is 11.9 Å². The lowest BCUT2D eigenvalue weighted by atomic mass is 10.0. The zero-order chi connectivity index (χ0) is 11.5. The van der Waals surface area contributed by atoms with Crippen LogP contribution in [0, 0.1) is 0 Å². The molecule has 0 amide bonds. The molecule has 1 atom stereocenters. The second-order valence-corrected chi connectivity index (χ2v) is 8.91. The minimum atomic E-state index is -0.156. The van der Waals surface area contributed by atoms with Crippen molar-refractivity contribution in [1.82, 2.24) is 0 Å². The standard InChI is InChI=1S/C13H19BrNSi/c1-3-16(4-2)12-8-10-7-11(14)5-6-13(10)15-9-12/h5-7,12,15H,3-4,8-9H2,1-2H3. The zero-order valence-corrected chi connectivity index (χ0v) is 12.6. The Hall–Kier alpha value is -0.283. The van der Waals surface area contributed by atoms with E-state index in [1.54, 1.807) is 0 Å². The summed E-state index contributed by atoms with van der Waals surface area (Å²) in [6.07, 6.45) is 1.28. The first-order chi connectivity index (χ1) is 7.74. The molecule has 2 rings (SSSR count). The van der Waals surface area contributed by atoms with E-state index in [0.29, 0.717) is 0 Å². The molecular formula is C13H19BrNSi. The van der Waals surface area contributed by atoms with E-state index >= 15 is 0 Å². The van der Waals surface area contributed by atoms with Crippen molar-refractivity contribution in [1.29, 1.82) is 0 Å². The number of halogens is 1. The van der Waals surface area contributed by atoms with Crippen molar-refractivity contribution in [2.45, 2.75) is 37.9 Å².